The van der Waals surface area contributed by atoms with Crippen LogP contribution in [0.5, 0.6) is 0 Å². The lowest BCUT2D eigenvalue weighted by molar-refractivity contribution is 0.0696. The third-order valence-electron chi connectivity index (χ3n) is 4.59. The van der Waals surface area contributed by atoms with Crippen LogP contribution in [0.4, 0.5) is 0 Å². The quantitative estimate of drug-likeness (QED) is 0.762. The Morgan fingerprint density at radius 3 is 2.84 bits per heavy atom. The number of carbonyl (C=O) groups is 1. The highest BCUT2D eigenvalue weighted by Gasteiger charge is 2.27. The number of rotatable bonds is 3. The molecule has 25 heavy (non-hydrogen) atoms. The highest BCUT2D eigenvalue weighted by molar-refractivity contribution is 7.10. The molecule has 0 saturated carbocycles. The maximum Gasteiger partial charge on any atom is 0.336 e. The lowest BCUT2D eigenvalue weighted by Crippen LogP contribution is -2.31. The highest BCUT2D eigenvalue weighted by atomic mass is 32.1. The van der Waals surface area contributed by atoms with Crippen LogP contribution >= 0.6 is 11.3 Å². The molecule has 3 aromatic rings. The Hall–Kier alpha value is -2.50. The van der Waals surface area contributed by atoms with Gasteiger partial charge in [-0.2, -0.15) is 0 Å². The van der Waals surface area contributed by atoms with Crippen LogP contribution in [0.3, 0.4) is 0 Å². The molecule has 0 saturated heterocycles. The molecule has 1 aromatic carbocycles. The van der Waals surface area contributed by atoms with E-state index in [0.717, 1.165) is 40.3 Å². The van der Waals surface area contributed by atoms with E-state index < -0.39 is 5.97 Å². The Bertz CT molecular complexity index is 977. The Morgan fingerprint density at radius 1 is 1.28 bits per heavy atom. The molecule has 4 rings (SSSR count). The van der Waals surface area contributed by atoms with Crippen molar-refractivity contribution in [3.63, 3.8) is 0 Å². The number of thiophene rings is 1. The molecule has 4 nitrogen and oxygen atoms in total. The smallest absolute Gasteiger partial charge is 0.336 e. The van der Waals surface area contributed by atoms with E-state index in [-0.39, 0.29) is 0 Å². The summed E-state index contributed by atoms with van der Waals surface area (Å²) >= 11 is 1.68. The molecule has 0 bridgehead atoms. The monoisotopic (exact) mass is 350 g/mol. The molecule has 2 aromatic heterocycles. The Morgan fingerprint density at radius 2 is 2.12 bits per heavy atom. The van der Waals surface area contributed by atoms with E-state index in [9.17, 15) is 9.90 Å². The van der Waals surface area contributed by atoms with Crippen LogP contribution < -0.4 is 0 Å². The molecule has 1 aliphatic heterocycles. The Kier molecular flexibility index (Phi) is 4.11. The number of likely N-dealkylation sites (N-methyl/N-ethyl adjacent to an activating group) is 1. The van der Waals surface area contributed by atoms with Gasteiger partial charge in [-0.1, -0.05) is 31.2 Å². The van der Waals surface area contributed by atoms with Crippen molar-refractivity contribution in [3.8, 4) is 0 Å². The largest absolute Gasteiger partial charge is 0.478 e. The maximum absolute atomic E-state index is 12.0. The third-order valence-corrected chi connectivity index (χ3v) is 5.41. The van der Waals surface area contributed by atoms with Gasteiger partial charge in [0.25, 0.3) is 0 Å². The number of para-hydroxylation sites is 1. The first kappa shape index (κ1) is 16.0. The summed E-state index contributed by atoms with van der Waals surface area (Å²) in [6.07, 6.45) is 2.14. The van der Waals surface area contributed by atoms with Gasteiger partial charge in [-0.25, -0.2) is 9.78 Å². The maximum atomic E-state index is 12.0. The highest BCUT2D eigenvalue weighted by Crippen LogP contribution is 2.34. The van der Waals surface area contributed by atoms with Crippen LogP contribution in [0.15, 0.2) is 41.8 Å². The van der Waals surface area contributed by atoms with Gasteiger partial charge in [0.15, 0.2) is 0 Å². The molecule has 1 N–H and O–H groups in total. The summed E-state index contributed by atoms with van der Waals surface area (Å²) in [6, 6.07) is 11.6. The molecule has 0 unspecified atom stereocenters. The van der Waals surface area contributed by atoms with Crippen LogP contribution in [-0.2, 0) is 6.54 Å². The molecule has 0 fully saturated rings. The van der Waals surface area contributed by atoms with Crippen molar-refractivity contribution >= 4 is 39.9 Å². The minimum Gasteiger partial charge on any atom is -0.478 e. The van der Waals surface area contributed by atoms with E-state index in [1.54, 1.807) is 11.3 Å². The zero-order valence-corrected chi connectivity index (χ0v) is 14.7. The first-order valence-corrected chi connectivity index (χ1v) is 9.17. The molecule has 3 heterocycles. The van der Waals surface area contributed by atoms with Crippen molar-refractivity contribution in [3.05, 3.63) is 63.5 Å². The van der Waals surface area contributed by atoms with Gasteiger partial charge in [-0.3, -0.25) is 4.90 Å². The van der Waals surface area contributed by atoms with Gasteiger partial charge in [0.05, 0.1) is 16.8 Å². The normalized spacial score (nSPS) is 16.3. The number of pyridine rings is 1. The predicted molar refractivity (Wildman–Crippen MR) is 102 cm³/mol. The van der Waals surface area contributed by atoms with Gasteiger partial charge >= 0.3 is 5.97 Å². The Labute approximate surface area is 150 Å². The molecular formula is C20H18N2O2S. The minimum absolute atomic E-state index is 0.385. The average Bonchev–Trinajstić information content (AvgIpc) is 3.12. The second-order valence-electron chi connectivity index (χ2n) is 6.12. The molecule has 126 valence electrons. The number of fused-ring (bicyclic) bond motifs is 2. The van der Waals surface area contributed by atoms with E-state index in [1.807, 2.05) is 35.7 Å². The molecule has 0 aliphatic carbocycles. The van der Waals surface area contributed by atoms with Crippen molar-refractivity contribution in [2.75, 3.05) is 13.1 Å². The van der Waals surface area contributed by atoms with Crippen molar-refractivity contribution in [1.82, 2.24) is 9.88 Å². The SMILES string of the molecule is CCN1CC(=Cc2cccs2)c2nc3ccccc3c(C(=O)O)c2C1. The standard InChI is InChI=1S/C20H18N2O2S/c1-2-22-11-13(10-14-6-5-9-25-14)19-16(12-22)18(20(23)24)15-7-3-4-8-17(15)21-19/h3-10H,2,11-12H2,1H3,(H,23,24). The van der Waals surface area contributed by atoms with Crippen LogP contribution in [0.2, 0.25) is 0 Å². The van der Waals surface area contributed by atoms with Crippen LogP contribution in [0.25, 0.3) is 22.6 Å². The predicted octanol–water partition coefficient (Wildman–Crippen LogP) is 4.37. The summed E-state index contributed by atoms with van der Waals surface area (Å²) in [7, 11) is 0. The first-order valence-electron chi connectivity index (χ1n) is 8.29. The van der Waals surface area contributed by atoms with Gasteiger partial charge < -0.3 is 5.11 Å². The average molecular weight is 350 g/mol. The van der Waals surface area contributed by atoms with Gasteiger partial charge in [0.1, 0.15) is 0 Å². The van der Waals surface area contributed by atoms with E-state index >= 15 is 0 Å². The number of hydrogen-bond donors (Lipinski definition) is 1. The third kappa shape index (κ3) is 2.86. The van der Waals surface area contributed by atoms with E-state index in [1.165, 1.54) is 0 Å². The van der Waals surface area contributed by atoms with Gasteiger partial charge in [0.2, 0.25) is 0 Å². The number of hydrogen-bond acceptors (Lipinski definition) is 4. The van der Waals surface area contributed by atoms with Crippen molar-refractivity contribution in [2.45, 2.75) is 13.5 Å². The van der Waals surface area contributed by atoms with Gasteiger partial charge in [0, 0.05) is 28.9 Å². The van der Waals surface area contributed by atoms with Crippen molar-refractivity contribution < 1.29 is 9.90 Å². The number of aromatic nitrogens is 1. The second kappa shape index (κ2) is 6.43. The number of carboxylic acid groups (broad SMARTS) is 1. The van der Waals surface area contributed by atoms with Crippen LogP contribution in [0.1, 0.15) is 33.4 Å². The minimum atomic E-state index is -0.886. The number of nitrogens with zero attached hydrogens (tertiary/aromatic N) is 2. The summed E-state index contributed by atoms with van der Waals surface area (Å²) in [6.45, 7) is 4.37. The van der Waals surface area contributed by atoms with Gasteiger partial charge in [-0.05, 0) is 35.7 Å². The fourth-order valence-corrected chi connectivity index (χ4v) is 4.07. The fraction of sp³-hybridized carbons (Fsp3) is 0.200. The van der Waals surface area contributed by atoms with Crippen LogP contribution in [0, 0.1) is 0 Å². The number of carboxylic acids is 1. The Balaban J connectivity index is 2.01. The lowest BCUT2D eigenvalue weighted by Gasteiger charge is -2.30. The molecule has 0 amide bonds. The zero-order valence-electron chi connectivity index (χ0n) is 13.9. The summed E-state index contributed by atoms with van der Waals surface area (Å²) in [5, 5.41) is 12.6. The number of aromatic carboxylic acids is 1. The molecule has 0 radical (unpaired) electrons. The summed E-state index contributed by atoms with van der Waals surface area (Å²) in [5.74, 6) is -0.886. The molecule has 5 heteroatoms. The molecular weight excluding hydrogens is 332 g/mol. The van der Waals surface area contributed by atoms with E-state index in [2.05, 4.69) is 24.0 Å². The topological polar surface area (TPSA) is 53.4 Å². The zero-order chi connectivity index (χ0) is 17.4. The van der Waals surface area contributed by atoms with E-state index in [4.69, 9.17) is 4.98 Å². The summed E-state index contributed by atoms with van der Waals surface area (Å²) in [5.41, 5.74) is 3.85. The number of benzene rings is 1. The second-order valence-corrected chi connectivity index (χ2v) is 7.10. The molecule has 1 aliphatic rings. The summed E-state index contributed by atoms with van der Waals surface area (Å²) < 4.78 is 0. The first-order chi connectivity index (χ1) is 12.2. The molecule has 0 atom stereocenters. The summed E-state index contributed by atoms with van der Waals surface area (Å²) in [4.78, 5) is 20.3. The van der Waals surface area contributed by atoms with E-state index in [0.29, 0.717) is 17.5 Å². The lowest BCUT2D eigenvalue weighted by atomic mass is 9.92. The van der Waals surface area contributed by atoms with Crippen LogP contribution in [-0.4, -0.2) is 34.0 Å². The van der Waals surface area contributed by atoms with Gasteiger partial charge in [-0.15, -0.1) is 11.3 Å². The van der Waals surface area contributed by atoms with Crippen molar-refractivity contribution in [1.29, 1.82) is 0 Å². The fourth-order valence-electron chi connectivity index (χ4n) is 3.39. The van der Waals surface area contributed by atoms with Crippen molar-refractivity contribution in [2.24, 2.45) is 0 Å². The molecule has 0 spiro atoms.